The van der Waals surface area contributed by atoms with Crippen molar-refractivity contribution in [1.29, 1.82) is 0 Å². The molecule has 3 aromatic carbocycles. The summed E-state index contributed by atoms with van der Waals surface area (Å²) in [5.41, 5.74) is 4.00. The molecule has 0 bridgehead atoms. The molecule has 0 radical (unpaired) electrons. The molecule has 30 heavy (non-hydrogen) atoms. The van der Waals surface area contributed by atoms with E-state index in [9.17, 15) is 9.59 Å². The van der Waals surface area contributed by atoms with Crippen LogP contribution in [0.25, 0.3) is 10.6 Å². The Hall–Kier alpha value is -3.57. The number of rotatable bonds is 6. The molecule has 0 aliphatic rings. The van der Waals surface area contributed by atoms with Gasteiger partial charge in [-0.3, -0.25) is 4.79 Å². The fraction of sp³-hybridized carbons (Fsp3) is 0.0800. The summed E-state index contributed by atoms with van der Waals surface area (Å²) in [6.45, 7) is 2.09. The number of esters is 1. The molecular formula is C25H19NO3S. The second-order valence-corrected chi connectivity index (χ2v) is 7.68. The summed E-state index contributed by atoms with van der Waals surface area (Å²) in [5, 5.41) is 2.75. The van der Waals surface area contributed by atoms with Crippen LogP contribution < -0.4 is 0 Å². The number of carbonyl (C=O) groups is 2. The van der Waals surface area contributed by atoms with Gasteiger partial charge in [0, 0.05) is 22.1 Å². The third-order valence-electron chi connectivity index (χ3n) is 4.63. The summed E-state index contributed by atoms with van der Waals surface area (Å²) in [7, 11) is 0. The van der Waals surface area contributed by atoms with Crippen LogP contribution in [0, 0.1) is 6.92 Å². The lowest BCUT2D eigenvalue weighted by atomic mass is 9.98. The SMILES string of the molecule is Cc1ccc(-c2nc(COC(=O)c3ccccc3C(=O)c3ccccc3)cs2)cc1. The minimum Gasteiger partial charge on any atom is -0.456 e. The zero-order valence-electron chi connectivity index (χ0n) is 16.4. The molecule has 1 aromatic heterocycles. The van der Waals surface area contributed by atoms with E-state index >= 15 is 0 Å². The van der Waals surface area contributed by atoms with Gasteiger partial charge in [-0.25, -0.2) is 9.78 Å². The van der Waals surface area contributed by atoms with Crippen LogP contribution in [0.4, 0.5) is 0 Å². The van der Waals surface area contributed by atoms with Gasteiger partial charge in [-0.05, 0) is 13.0 Å². The van der Waals surface area contributed by atoms with Crippen LogP contribution in [0.1, 0.15) is 37.5 Å². The quantitative estimate of drug-likeness (QED) is 0.300. The average molecular weight is 413 g/mol. The molecule has 4 nitrogen and oxygen atoms in total. The maximum absolute atomic E-state index is 12.8. The molecule has 0 saturated carbocycles. The molecule has 0 fully saturated rings. The first-order valence-electron chi connectivity index (χ1n) is 9.49. The first kappa shape index (κ1) is 19.7. The number of hydrogen-bond acceptors (Lipinski definition) is 5. The van der Waals surface area contributed by atoms with E-state index in [0.29, 0.717) is 16.8 Å². The van der Waals surface area contributed by atoms with Crippen LogP contribution in [0.2, 0.25) is 0 Å². The Bertz CT molecular complexity index is 1180. The lowest BCUT2D eigenvalue weighted by Crippen LogP contribution is -2.12. The molecule has 0 amide bonds. The average Bonchev–Trinajstić information content (AvgIpc) is 3.27. The van der Waals surface area contributed by atoms with Crippen molar-refractivity contribution in [1.82, 2.24) is 4.98 Å². The van der Waals surface area contributed by atoms with Crippen LogP contribution in [0.3, 0.4) is 0 Å². The molecule has 0 saturated heterocycles. The van der Waals surface area contributed by atoms with Crippen molar-refractivity contribution in [2.24, 2.45) is 0 Å². The lowest BCUT2D eigenvalue weighted by molar-refractivity contribution is 0.0466. The Labute approximate surface area is 178 Å². The lowest BCUT2D eigenvalue weighted by Gasteiger charge is -2.08. The summed E-state index contributed by atoms with van der Waals surface area (Å²) < 4.78 is 5.46. The van der Waals surface area contributed by atoms with Crippen molar-refractivity contribution < 1.29 is 14.3 Å². The van der Waals surface area contributed by atoms with Crippen molar-refractivity contribution in [3.63, 3.8) is 0 Å². The second-order valence-electron chi connectivity index (χ2n) is 6.83. The normalized spacial score (nSPS) is 10.6. The van der Waals surface area contributed by atoms with Gasteiger partial charge in [0.15, 0.2) is 5.78 Å². The molecule has 0 atom stereocenters. The molecule has 4 rings (SSSR count). The highest BCUT2D eigenvalue weighted by molar-refractivity contribution is 7.13. The molecular weight excluding hydrogens is 394 g/mol. The molecule has 0 aliphatic carbocycles. The molecule has 148 valence electrons. The third-order valence-corrected chi connectivity index (χ3v) is 5.57. The van der Waals surface area contributed by atoms with Crippen molar-refractivity contribution in [2.45, 2.75) is 13.5 Å². The van der Waals surface area contributed by atoms with E-state index < -0.39 is 5.97 Å². The van der Waals surface area contributed by atoms with E-state index in [1.807, 2.05) is 42.6 Å². The molecule has 1 heterocycles. The highest BCUT2D eigenvalue weighted by atomic mass is 32.1. The van der Waals surface area contributed by atoms with Gasteiger partial charge in [0.25, 0.3) is 0 Å². The Morgan fingerprint density at radius 1 is 0.867 bits per heavy atom. The Morgan fingerprint density at radius 3 is 2.27 bits per heavy atom. The van der Waals surface area contributed by atoms with E-state index in [2.05, 4.69) is 4.98 Å². The first-order chi connectivity index (χ1) is 14.6. The van der Waals surface area contributed by atoms with Gasteiger partial charge in [0.2, 0.25) is 0 Å². The monoisotopic (exact) mass is 413 g/mol. The maximum atomic E-state index is 12.8. The van der Waals surface area contributed by atoms with Gasteiger partial charge in [-0.15, -0.1) is 11.3 Å². The zero-order chi connectivity index (χ0) is 20.9. The number of ketones is 1. The Balaban J connectivity index is 1.48. The highest BCUT2D eigenvalue weighted by Gasteiger charge is 2.19. The number of carbonyl (C=O) groups excluding carboxylic acids is 2. The number of aromatic nitrogens is 1. The van der Waals surface area contributed by atoms with E-state index in [-0.39, 0.29) is 18.0 Å². The van der Waals surface area contributed by atoms with Crippen molar-refractivity contribution in [2.75, 3.05) is 0 Å². The summed E-state index contributed by atoms with van der Waals surface area (Å²) in [4.78, 5) is 30.1. The van der Waals surface area contributed by atoms with Gasteiger partial charge in [-0.1, -0.05) is 78.4 Å². The summed E-state index contributed by atoms with van der Waals surface area (Å²) in [6.07, 6.45) is 0. The van der Waals surface area contributed by atoms with Crippen molar-refractivity contribution >= 4 is 23.1 Å². The number of hydrogen-bond donors (Lipinski definition) is 0. The van der Waals surface area contributed by atoms with Crippen LogP contribution in [-0.2, 0) is 11.3 Å². The number of benzene rings is 3. The standard InChI is InChI=1S/C25H19NO3S/c1-17-11-13-19(14-12-17)24-26-20(16-30-24)15-29-25(28)22-10-6-5-9-21(22)23(27)18-7-3-2-4-8-18/h2-14,16H,15H2,1H3. The molecule has 0 N–H and O–H groups in total. The second kappa shape index (κ2) is 8.84. The first-order valence-corrected chi connectivity index (χ1v) is 10.4. The van der Waals surface area contributed by atoms with Gasteiger partial charge in [0.05, 0.1) is 11.3 Å². The molecule has 4 aromatic rings. The van der Waals surface area contributed by atoms with Gasteiger partial charge in [-0.2, -0.15) is 0 Å². The number of ether oxygens (including phenoxy) is 1. The maximum Gasteiger partial charge on any atom is 0.339 e. The fourth-order valence-electron chi connectivity index (χ4n) is 3.02. The number of nitrogens with zero attached hydrogens (tertiary/aromatic N) is 1. The van der Waals surface area contributed by atoms with E-state index in [1.165, 1.54) is 16.9 Å². The highest BCUT2D eigenvalue weighted by Crippen LogP contribution is 2.24. The summed E-state index contributed by atoms with van der Waals surface area (Å²) in [5.74, 6) is -0.752. The van der Waals surface area contributed by atoms with Crippen molar-refractivity contribution in [3.8, 4) is 10.6 Å². The van der Waals surface area contributed by atoms with Gasteiger partial charge < -0.3 is 4.74 Å². The summed E-state index contributed by atoms with van der Waals surface area (Å²) in [6, 6.07) is 23.7. The smallest absolute Gasteiger partial charge is 0.339 e. The molecule has 5 heteroatoms. The minimum atomic E-state index is -0.542. The van der Waals surface area contributed by atoms with Gasteiger partial charge >= 0.3 is 5.97 Å². The van der Waals surface area contributed by atoms with E-state index in [4.69, 9.17) is 4.74 Å². The van der Waals surface area contributed by atoms with Crippen molar-refractivity contribution in [3.05, 3.63) is 112 Å². The molecule has 0 aliphatic heterocycles. The third kappa shape index (κ3) is 4.36. The van der Waals surface area contributed by atoms with Gasteiger partial charge in [0.1, 0.15) is 11.6 Å². The summed E-state index contributed by atoms with van der Waals surface area (Å²) >= 11 is 1.50. The number of thiazole rings is 1. The largest absolute Gasteiger partial charge is 0.456 e. The topological polar surface area (TPSA) is 56.3 Å². The van der Waals surface area contributed by atoms with E-state index in [0.717, 1.165) is 10.6 Å². The number of aryl methyl sites for hydroxylation is 1. The molecule has 0 unspecified atom stereocenters. The fourth-order valence-corrected chi connectivity index (χ4v) is 3.83. The van der Waals surface area contributed by atoms with Crippen LogP contribution in [0.5, 0.6) is 0 Å². The minimum absolute atomic E-state index is 0.0507. The van der Waals surface area contributed by atoms with Crippen LogP contribution in [-0.4, -0.2) is 16.7 Å². The predicted molar refractivity (Wildman–Crippen MR) is 118 cm³/mol. The molecule has 0 spiro atoms. The van der Waals surface area contributed by atoms with E-state index in [1.54, 1.807) is 48.5 Å². The Kier molecular flexibility index (Phi) is 5.82. The van der Waals surface area contributed by atoms with Crippen LogP contribution >= 0.6 is 11.3 Å². The van der Waals surface area contributed by atoms with Crippen LogP contribution in [0.15, 0.2) is 84.2 Å². The zero-order valence-corrected chi connectivity index (χ0v) is 17.2. The Morgan fingerprint density at radius 2 is 1.53 bits per heavy atom. The predicted octanol–water partition coefficient (Wildman–Crippen LogP) is 5.71.